The van der Waals surface area contributed by atoms with Crippen LogP contribution >= 0.6 is 24.0 Å². The zero-order chi connectivity index (χ0) is 17.2. The lowest BCUT2D eigenvalue weighted by molar-refractivity contribution is -0.119. The van der Waals surface area contributed by atoms with Gasteiger partial charge in [0.25, 0.3) is 5.91 Å². The largest absolute Gasteiger partial charge is 0.484 e. The van der Waals surface area contributed by atoms with Gasteiger partial charge in [-0.25, -0.2) is 0 Å². The lowest BCUT2D eigenvalue weighted by Gasteiger charge is -2.24. The summed E-state index contributed by atoms with van der Waals surface area (Å²) in [6.45, 7) is 0.720. The number of aliphatic imine (C=N–C) groups is 1. The molecule has 1 aliphatic carbocycles. The standard InChI is InChI=1S/C18H28N4O2.HI/c1-20-18(22-15-5-3-2-4-6-15)21-12-11-14-7-9-16(10-8-14)24-13-17(19)23;/h7-10,15H,2-6,11-13H2,1H3,(H2,19,23)(H2,20,21,22);1H. The van der Waals surface area contributed by atoms with Gasteiger partial charge in [-0.2, -0.15) is 0 Å². The zero-order valence-electron chi connectivity index (χ0n) is 14.8. The molecule has 2 rings (SSSR count). The molecule has 4 N–H and O–H groups in total. The van der Waals surface area contributed by atoms with Crippen LogP contribution in [-0.2, 0) is 11.2 Å². The molecular formula is C18H29IN4O2. The maximum absolute atomic E-state index is 10.7. The molecule has 1 fully saturated rings. The summed E-state index contributed by atoms with van der Waals surface area (Å²) in [5.41, 5.74) is 6.25. The van der Waals surface area contributed by atoms with Gasteiger partial charge in [-0.1, -0.05) is 31.4 Å². The Bertz CT molecular complexity index is 543. The predicted octanol–water partition coefficient (Wildman–Crippen LogP) is 2.21. The van der Waals surface area contributed by atoms with Gasteiger partial charge in [0.05, 0.1) is 0 Å². The molecule has 140 valence electrons. The summed E-state index contributed by atoms with van der Waals surface area (Å²) < 4.78 is 5.25. The Morgan fingerprint density at radius 2 is 1.92 bits per heavy atom. The molecule has 6 nitrogen and oxygen atoms in total. The fourth-order valence-electron chi connectivity index (χ4n) is 2.87. The Hall–Kier alpha value is -1.51. The van der Waals surface area contributed by atoms with Crippen LogP contribution in [0.2, 0.25) is 0 Å². The first kappa shape index (κ1) is 21.5. The number of nitrogens with two attached hydrogens (primary N) is 1. The van der Waals surface area contributed by atoms with Crippen molar-refractivity contribution in [3.63, 3.8) is 0 Å². The second kappa shape index (κ2) is 11.9. The van der Waals surface area contributed by atoms with Gasteiger partial charge in [0.2, 0.25) is 0 Å². The molecule has 1 aromatic rings. The summed E-state index contributed by atoms with van der Waals surface area (Å²) in [5.74, 6) is 1.06. The predicted molar refractivity (Wildman–Crippen MR) is 112 cm³/mol. The molecule has 1 aromatic carbocycles. The van der Waals surface area contributed by atoms with Gasteiger partial charge in [0.15, 0.2) is 12.6 Å². The Morgan fingerprint density at radius 3 is 2.52 bits per heavy atom. The van der Waals surface area contributed by atoms with E-state index >= 15 is 0 Å². The number of carbonyl (C=O) groups is 1. The van der Waals surface area contributed by atoms with Gasteiger partial charge in [0, 0.05) is 19.6 Å². The molecule has 0 saturated heterocycles. The normalized spacial score (nSPS) is 15.2. The maximum atomic E-state index is 10.7. The van der Waals surface area contributed by atoms with Crippen LogP contribution in [0.1, 0.15) is 37.7 Å². The number of nitrogens with zero attached hydrogens (tertiary/aromatic N) is 1. The Labute approximate surface area is 167 Å². The fourth-order valence-corrected chi connectivity index (χ4v) is 2.87. The highest BCUT2D eigenvalue weighted by molar-refractivity contribution is 14.0. The molecule has 25 heavy (non-hydrogen) atoms. The highest BCUT2D eigenvalue weighted by Crippen LogP contribution is 2.17. The summed E-state index contributed by atoms with van der Waals surface area (Å²) in [7, 11) is 1.81. The van der Waals surface area contributed by atoms with Gasteiger partial charge in [-0.05, 0) is 37.0 Å². The van der Waals surface area contributed by atoms with Crippen LogP contribution < -0.4 is 21.1 Å². The van der Waals surface area contributed by atoms with Gasteiger partial charge < -0.3 is 21.1 Å². The number of hydrogen-bond donors (Lipinski definition) is 3. The molecule has 0 aromatic heterocycles. The van der Waals surface area contributed by atoms with E-state index in [9.17, 15) is 4.79 Å². The Kier molecular flexibility index (Phi) is 10.3. The van der Waals surface area contributed by atoms with Crippen LogP contribution in [0, 0.1) is 0 Å². The molecule has 0 unspecified atom stereocenters. The number of halogens is 1. The summed E-state index contributed by atoms with van der Waals surface area (Å²) >= 11 is 0. The number of nitrogens with one attached hydrogen (secondary N) is 2. The summed E-state index contributed by atoms with van der Waals surface area (Å²) in [4.78, 5) is 15.0. The zero-order valence-corrected chi connectivity index (χ0v) is 17.1. The molecule has 1 saturated carbocycles. The Balaban J connectivity index is 0.00000312. The van der Waals surface area contributed by atoms with E-state index in [4.69, 9.17) is 10.5 Å². The first-order valence-corrected chi connectivity index (χ1v) is 8.64. The smallest absolute Gasteiger partial charge is 0.255 e. The molecule has 0 aliphatic heterocycles. The second-order valence-electron chi connectivity index (χ2n) is 6.13. The average Bonchev–Trinajstić information content (AvgIpc) is 2.61. The van der Waals surface area contributed by atoms with E-state index in [-0.39, 0.29) is 30.6 Å². The van der Waals surface area contributed by atoms with Crippen molar-refractivity contribution in [1.29, 1.82) is 0 Å². The van der Waals surface area contributed by atoms with Gasteiger partial charge in [-0.15, -0.1) is 24.0 Å². The average molecular weight is 460 g/mol. The number of ether oxygens (including phenoxy) is 1. The molecule has 0 heterocycles. The molecule has 0 bridgehead atoms. The fraction of sp³-hybridized carbons (Fsp3) is 0.556. The van der Waals surface area contributed by atoms with Crippen molar-refractivity contribution < 1.29 is 9.53 Å². The van der Waals surface area contributed by atoms with Crippen molar-refractivity contribution in [2.75, 3.05) is 20.2 Å². The highest BCUT2D eigenvalue weighted by atomic mass is 127. The topological polar surface area (TPSA) is 88.7 Å². The third kappa shape index (κ3) is 8.42. The SMILES string of the molecule is CN=C(NCCc1ccc(OCC(N)=O)cc1)NC1CCCCC1.I. The lowest BCUT2D eigenvalue weighted by Crippen LogP contribution is -2.44. The van der Waals surface area contributed by atoms with Crippen molar-refractivity contribution in [3.05, 3.63) is 29.8 Å². The van der Waals surface area contributed by atoms with Crippen LogP contribution in [0.5, 0.6) is 5.75 Å². The third-order valence-electron chi connectivity index (χ3n) is 4.18. The number of hydrogen-bond acceptors (Lipinski definition) is 3. The number of amides is 1. The van der Waals surface area contributed by atoms with E-state index in [0.717, 1.165) is 18.9 Å². The van der Waals surface area contributed by atoms with Crippen molar-refractivity contribution >= 4 is 35.8 Å². The molecule has 7 heteroatoms. The number of benzene rings is 1. The third-order valence-corrected chi connectivity index (χ3v) is 4.18. The van der Waals surface area contributed by atoms with Crippen LogP contribution in [0.4, 0.5) is 0 Å². The molecular weight excluding hydrogens is 431 g/mol. The maximum Gasteiger partial charge on any atom is 0.255 e. The molecule has 1 amide bonds. The number of carbonyl (C=O) groups excluding carboxylic acids is 1. The van der Waals surface area contributed by atoms with E-state index in [1.54, 1.807) is 0 Å². The number of primary amides is 1. The Morgan fingerprint density at radius 1 is 1.24 bits per heavy atom. The minimum Gasteiger partial charge on any atom is -0.484 e. The minimum atomic E-state index is -0.472. The van der Waals surface area contributed by atoms with Gasteiger partial charge >= 0.3 is 0 Å². The van der Waals surface area contributed by atoms with Gasteiger partial charge in [0.1, 0.15) is 5.75 Å². The first-order valence-electron chi connectivity index (χ1n) is 8.64. The molecule has 0 atom stereocenters. The second-order valence-corrected chi connectivity index (χ2v) is 6.13. The van der Waals surface area contributed by atoms with Crippen LogP contribution in [0.15, 0.2) is 29.3 Å². The van der Waals surface area contributed by atoms with E-state index in [1.165, 1.54) is 37.7 Å². The molecule has 0 radical (unpaired) electrons. The van der Waals surface area contributed by atoms with Crippen LogP contribution in [0.25, 0.3) is 0 Å². The number of rotatable bonds is 7. The van der Waals surface area contributed by atoms with Crippen LogP contribution in [-0.4, -0.2) is 38.1 Å². The van der Waals surface area contributed by atoms with Crippen molar-refractivity contribution in [1.82, 2.24) is 10.6 Å². The van der Waals surface area contributed by atoms with E-state index in [0.29, 0.717) is 11.8 Å². The van der Waals surface area contributed by atoms with Crippen molar-refractivity contribution in [2.24, 2.45) is 10.7 Å². The summed E-state index contributed by atoms with van der Waals surface area (Å²) in [5, 5.41) is 6.87. The molecule has 0 spiro atoms. The minimum absolute atomic E-state index is 0. The quantitative estimate of drug-likeness (QED) is 0.331. The lowest BCUT2D eigenvalue weighted by atomic mass is 9.96. The molecule has 1 aliphatic rings. The van der Waals surface area contributed by atoms with Crippen molar-refractivity contribution in [2.45, 2.75) is 44.6 Å². The van der Waals surface area contributed by atoms with Crippen molar-refractivity contribution in [3.8, 4) is 5.75 Å². The van der Waals surface area contributed by atoms with E-state index < -0.39 is 5.91 Å². The first-order chi connectivity index (χ1) is 11.7. The van der Waals surface area contributed by atoms with Crippen LogP contribution in [0.3, 0.4) is 0 Å². The highest BCUT2D eigenvalue weighted by Gasteiger charge is 2.14. The number of guanidine groups is 1. The van der Waals surface area contributed by atoms with E-state index in [2.05, 4.69) is 15.6 Å². The monoisotopic (exact) mass is 460 g/mol. The van der Waals surface area contributed by atoms with Gasteiger partial charge in [-0.3, -0.25) is 9.79 Å². The summed E-state index contributed by atoms with van der Waals surface area (Å²) in [6.07, 6.45) is 7.31. The van der Waals surface area contributed by atoms with E-state index in [1.807, 2.05) is 31.3 Å². The summed E-state index contributed by atoms with van der Waals surface area (Å²) in [6, 6.07) is 8.25.